The summed E-state index contributed by atoms with van der Waals surface area (Å²) >= 11 is 5.15. The number of aliphatic hydroxyl groups excluding tert-OH is 1. The largest absolute Gasteiger partial charge is 0.393 e. The van der Waals surface area contributed by atoms with Gasteiger partial charge in [-0.2, -0.15) is 0 Å². The summed E-state index contributed by atoms with van der Waals surface area (Å²) in [5.41, 5.74) is 0. The van der Waals surface area contributed by atoms with Crippen LogP contribution in [0.15, 0.2) is 9.66 Å². The molecule has 2 aliphatic carbocycles. The predicted octanol–water partition coefficient (Wildman–Crippen LogP) is 6.22. The third-order valence-electron chi connectivity index (χ3n) is 6.15. The Morgan fingerprint density at radius 2 is 1.77 bits per heavy atom. The lowest BCUT2D eigenvalue weighted by Crippen LogP contribution is -2.36. The van der Waals surface area contributed by atoms with Crippen LogP contribution >= 0.6 is 45.2 Å². The minimum Gasteiger partial charge on any atom is -0.393 e. The normalized spacial score (nSPS) is 42.6. The van der Waals surface area contributed by atoms with Gasteiger partial charge in [-0.1, -0.05) is 49.4 Å². The van der Waals surface area contributed by atoms with Crippen molar-refractivity contribution in [3.8, 4) is 0 Å². The molecule has 0 aromatic rings. The molecule has 0 amide bonds. The quantitative estimate of drug-likeness (QED) is 0.338. The highest BCUT2D eigenvalue weighted by molar-refractivity contribution is 14.1. The summed E-state index contributed by atoms with van der Waals surface area (Å²) in [6, 6.07) is 0. The van der Waals surface area contributed by atoms with Gasteiger partial charge in [0.1, 0.15) is 0 Å². The second kappa shape index (κ2) is 8.50. The fraction of sp³-hybridized carbons (Fsp3) is 0.895. The summed E-state index contributed by atoms with van der Waals surface area (Å²) in [6.45, 7) is 9.25. The Morgan fingerprint density at radius 3 is 2.32 bits per heavy atom. The van der Waals surface area contributed by atoms with Gasteiger partial charge < -0.3 is 5.11 Å². The molecule has 0 heterocycles. The van der Waals surface area contributed by atoms with Crippen molar-refractivity contribution in [2.24, 2.45) is 35.5 Å². The number of halogens is 2. The van der Waals surface area contributed by atoms with Crippen LogP contribution in [-0.4, -0.2) is 15.1 Å². The Kier molecular flexibility index (Phi) is 7.53. The van der Waals surface area contributed by atoms with Gasteiger partial charge in [0.2, 0.25) is 0 Å². The Bertz CT molecular complexity index is 381. The number of allylic oxidation sites excluding steroid dienone is 2. The highest BCUT2D eigenvalue weighted by atomic mass is 127. The van der Waals surface area contributed by atoms with Crippen molar-refractivity contribution in [3.63, 3.8) is 0 Å². The van der Waals surface area contributed by atoms with Crippen LogP contribution in [-0.2, 0) is 0 Å². The first-order valence-corrected chi connectivity index (χ1v) is 11.3. The molecule has 7 unspecified atom stereocenters. The van der Waals surface area contributed by atoms with E-state index in [2.05, 4.69) is 72.0 Å². The van der Waals surface area contributed by atoms with Gasteiger partial charge in [0, 0.05) is 3.92 Å². The first-order chi connectivity index (χ1) is 10.3. The molecule has 0 aliphatic heterocycles. The zero-order valence-corrected chi connectivity index (χ0v) is 18.7. The smallest absolute Gasteiger partial charge is 0.0543 e. The van der Waals surface area contributed by atoms with E-state index in [1.807, 2.05) is 6.92 Å². The minimum absolute atomic E-state index is 0.169. The van der Waals surface area contributed by atoms with E-state index < -0.39 is 0 Å². The van der Waals surface area contributed by atoms with Crippen LogP contribution in [0.4, 0.5) is 0 Å². The van der Waals surface area contributed by atoms with Crippen molar-refractivity contribution < 1.29 is 5.11 Å². The van der Waals surface area contributed by atoms with Gasteiger partial charge in [-0.3, -0.25) is 0 Å². The molecule has 1 nitrogen and oxygen atoms in total. The van der Waals surface area contributed by atoms with Gasteiger partial charge in [0.25, 0.3) is 0 Å². The molecule has 0 spiro atoms. The third-order valence-corrected chi connectivity index (χ3v) is 9.48. The average molecular weight is 530 g/mol. The molecule has 2 aliphatic rings. The first-order valence-electron chi connectivity index (χ1n) is 8.96. The van der Waals surface area contributed by atoms with Gasteiger partial charge in [0.15, 0.2) is 0 Å². The van der Waals surface area contributed by atoms with E-state index in [1.165, 1.54) is 35.7 Å². The van der Waals surface area contributed by atoms with E-state index in [0.29, 0.717) is 17.8 Å². The summed E-state index contributed by atoms with van der Waals surface area (Å²) in [7, 11) is 0. The molecule has 0 bridgehead atoms. The topological polar surface area (TPSA) is 20.2 Å². The zero-order valence-electron chi connectivity index (χ0n) is 14.4. The fourth-order valence-corrected chi connectivity index (χ4v) is 6.20. The van der Waals surface area contributed by atoms with E-state index in [-0.39, 0.29) is 6.10 Å². The Labute approximate surface area is 164 Å². The third kappa shape index (κ3) is 4.84. The van der Waals surface area contributed by atoms with Crippen molar-refractivity contribution in [3.05, 3.63) is 9.66 Å². The van der Waals surface area contributed by atoms with Crippen LogP contribution in [0.3, 0.4) is 0 Å². The second-order valence-electron chi connectivity index (χ2n) is 8.11. The predicted molar refractivity (Wildman–Crippen MR) is 113 cm³/mol. The molecule has 0 radical (unpaired) electrons. The van der Waals surface area contributed by atoms with Crippen LogP contribution in [0.25, 0.3) is 0 Å². The van der Waals surface area contributed by atoms with Crippen LogP contribution in [0, 0.1) is 35.5 Å². The molecule has 22 heavy (non-hydrogen) atoms. The van der Waals surface area contributed by atoms with Gasteiger partial charge in [-0.25, -0.2) is 0 Å². The van der Waals surface area contributed by atoms with Crippen LogP contribution in [0.1, 0.15) is 59.8 Å². The average Bonchev–Trinajstić information content (AvgIpc) is 2.44. The Balaban J connectivity index is 2.05. The molecule has 8 atom stereocenters. The fourth-order valence-electron chi connectivity index (χ4n) is 4.85. The second-order valence-corrected chi connectivity index (χ2v) is 10.9. The van der Waals surface area contributed by atoms with Crippen LogP contribution in [0.5, 0.6) is 0 Å². The summed E-state index contributed by atoms with van der Waals surface area (Å²) in [6.07, 6.45) is 8.55. The maximum atomic E-state index is 10.5. The minimum atomic E-state index is -0.169. The Morgan fingerprint density at radius 1 is 1.18 bits per heavy atom. The maximum Gasteiger partial charge on any atom is 0.0543 e. The lowest BCUT2D eigenvalue weighted by Gasteiger charge is -2.41. The molecule has 1 fully saturated rings. The Hall–Kier alpha value is 1.16. The summed E-state index contributed by atoms with van der Waals surface area (Å²) in [5.74, 6) is 4.32. The molecule has 1 saturated carbocycles. The van der Waals surface area contributed by atoms with E-state index in [9.17, 15) is 5.11 Å². The van der Waals surface area contributed by atoms with Crippen molar-refractivity contribution >= 4 is 45.2 Å². The van der Waals surface area contributed by atoms with Crippen LogP contribution < -0.4 is 0 Å². The van der Waals surface area contributed by atoms with Crippen LogP contribution in [0.2, 0.25) is 0 Å². The zero-order chi connectivity index (χ0) is 16.4. The number of aliphatic hydroxyl groups is 1. The lowest BCUT2D eigenvalue weighted by molar-refractivity contribution is 0.0387. The van der Waals surface area contributed by atoms with E-state index in [4.69, 9.17) is 0 Å². The van der Waals surface area contributed by atoms with Gasteiger partial charge in [-0.15, -0.1) is 0 Å². The number of hydrogen-bond donors (Lipinski definition) is 1. The lowest BCUT2D eigenvalue weighted by atomic mass is 9.67. The maximum absolute atomic E-state index is 10.5. The molecular weight excluding hydrogens is 498 g/mol. The number of alkyl halides is 1. The van der Waals surface area contributed by atoms with E-state index in [1.54, 1.807) is 0 Å². The van der Waals surface area contributed by atoms with Gasteiger partial charge in [-0.05, 0) is 101 Å². The molecule has 0 saturated heterocycles. The number of rotatable bonds is 4. The van der Waals surface area contributed by atoms with Crippen molar-refractivity contribution in [1.82, 2.24) is 0 Å². The molecule has 0 aromatic carbocycles. The highest BCUT2D eigenvalue weighted by Crippen LogP contribution is 2.45. The molecule has 128 valence electrons. The van der Waals surface area contributed by atoms with Crippen molar-refractivity contribution in [1.29, 1.82) is 0 Å². The first kappa shape index (κ1) is 19.5. The van der Waals surface area contributed by atoms with Crippen molar-refractivity contribution in [2.45, 2.75) is 69.8 Å². The summed E-state index contributed by atoms with van der Waals surface area (Å²) in [4.78, 5) is 0. The number of hydrogen-bond acceptors (Lipinski definition) is 1. The standard InChI is InChI=1S/C19H32I2O/c1-11-5-6-16(20)10-17(11)18(14(4)22)9-15-7-12(2)19(21)13(3)8-15/h6,11-15,17-19,22H,5,7-10H2,1-4H3/t11?,12-,13?,14?,15?,17?,18?,19?/m0/s1. The SMILES string of the molecule is CC(O)C(CC1CC(C)C(I)[C@@H](C)C1)C1CC(I)=CCC1C. The monoisotopic (exact) mass is 530 g/mol. The molecule has 2 rings (SSSR count). The van der Waals surface area contributed by atoms with E-state index >= 15 is 0 Å². The van der Waals surface area contributed by atoms with Gasteiger partial charge in [0.05, 0.1) is 6.10 Å². The summed E-state index contributed by atoms with van der Waals surface area (Å²) < 4.78 is 2.33. The molecule has 3 heteroatoms. The summed E-state index contributed by atoms with van der Waals surface area (Å²) in [5, 5.41) is 10.5. The van der Waals surface area contributed by atoms with E-state index in [0.717, 1.165) is 21.7 Å². The highest BCUT2D eigenvalue weighted by Gasteiger charge is 2.37. The molecule has 1 N–H and O–H groups in total. The van der Waals surface area contributed by atoms with Crippen molar-refractivity contribution in [2.75, 3.05) is 0 Å². The molecular formula is C19H32I2O. The molecule has 0 aromatic heterocycles. The van der Waals surface area contributed by atoms with Gasteiger partial charge >= 0.3 is 0 Å².